The fraction of sp³-hybridized carbons (Fsp3) is 0.333. The molecule has 0 atom stereocenters. The van der Waals surface area contributed by atoms with Crippen molar-refractivity contribution in [1.82, 2.24) is 0 Å². The van der Waals surface area contributed by atoms with E-state index in [2.05, 4.69) is 10.2 Å². The molecule has 2 rings (SSSR count). The van der Waals surface area contributed by atoms with Crippen LogP contribution in [0.2, 0.25) is 0 Å². The summed E-state index contributed by atoms with van der Waals surface area (Å²) < 4.78 is 47.3. The molecule has 158 valence electrons. The molecule has 0 spiro atoms. The molecule has 0 heterocycles. The number of benzene rings is 2. The average Bonchev–Trinajstić information content (AvgIpc) is 2.65. The van der Waals surface area contributed by atoms with E-state index < -0.39 is 17.7 Å². The van der Waals surface area contributed by atoms with Crippen molar-refractivity contribution in [3.05, 3.63) is 48.5 Å². The van der Waals surface area contributed by atoms with Crippen LogP contribution in [-0.4, -0.2) is 35.5 Å². The fourth-order valence-corrected chi connectivity index (χ4v) is 3.49. The first-order valence-electron chi connectivity index (χ1n) is 8.90. The Hall–Kier alpha value is -2.10. The molecule has 0 saturated carbocycles. The minimum atomic E-state index is -4.23. The number of unbranched alkanes of at least 4 members (excludes halogenated alkanes) is 3. The molecule has 0 amide bonds. The van der Waals surface area contributed by atoms with Crippen molar-refractivity contribution in [2.24, 2.45) is 10.2 Å². The Morgan fingerprint density at radius 2 is 1.34 bits per heavy atom. The van der Waals surface area contributed by atoms with Crippen LogP contribution in [0.4, 0.5) is 11.4 Å². The zero-order valence-corrected chi connectivity index (χ0v) is 17.3. The molecule has 9 nitrogen and oxygen atoms in total. The van der Waals surface area contributed by atoms with Crippen molar-refractivity contribution >= 4 is 29.1 Å². The van der Waals surface area contributed by atoms with E-state index in [0.717, 1.165) is 19.3 Å². The van der Waals surface area contributed by atoms with Gasteiger partial charge in [-0.3, -0.25) is 9.12 Å². The van der Waals surface area contributed by atoms with Gasteiger partial charge in [0.25, 0.3) is 10.1 Å². The first-order chi connectivity index (χ1) is 13.6. The Morgan fingerprint density at radius 3 is 1.86 bits per heavy atom. The third kappa shape index (κ3) is 9.29. The summed E-state index contributed by atoms with van der Waals surface area (Å²) in [5, 5.41) is 8.06. The summed E-state index contributed by atoms with van der Waals surface area (Å²) in [4.78, 5) is 17.3. The van der Waals surface area contributed by atoms with E-state index in [4.69, 9.17) is 19.1 Å². The van der Waals surface area contributed by atoms with E-state index in [0.29, 0.717) is 30.2 Å². The highest BCUT2D eigenvalue weighted by molar-refractivity contribution is 7.85. The molecule has 29 heavy (non-hydrogen) atoms. The highest BCUT2D eigenvalue weighted by Gasteiger charge is 2.11. The number of rotatable bonds is 11. The topological polar surface area (TPSA) is 146 Å². The zero-order valence-electron chi connectivity index (χ0n) is 15.6. The normalized spacial score (nSPS) is 12.4. The number of azo groups is 1. The second-order valence-corrected chi connectivity index (χ2v) is 9.51. The standard InChI is InChI=1S/C18H23N2O7PS/c21-28(22,23)14-4-2-1-3-13-27-17-9-5-15(6-10-17)19-20-16-7-11-18(12-8-16)29(24,25)26/h5-12H,1-4,13-14H2,(H2,21,22,23)(H,24,25,26). The summed E-state index contributed by atoms with van der Waals surface area (Å²) in [6.07, 6.45) is 2.81. The molecule has 0 bridgehead atoms. The van der Waals surface area contributed by atoms with Crippen molar-refractivity contribution in [2.75, 3.05) is 12.8 Å². The van der Waals surface area contributed by atoms with Crippen molar-refractivity contribution in [1.29, 1.82) is 0 Å². The Morgan fingerprint density at radius 1 is 0.828 bits per heavy atom. The summed E-state index contributed by atoms with van der Waals surface area (Å²) in [6, 6.07) is 12.3. The van der Waals surface area contributed by atoms with Gasteiger partial charge >= 0.3 is 7.60 Å². The van der Waals surface area contributed by atoms with Crippen molar-refractivity contribution in [3.63, 3.8) is 0 Å². The second kappa shape index (κ2) is 10.6. The SMILES string of the molecule is O=P(O)(O)CCCCCCOc1ccc(N=Nc2ccc(S(=O)(=O)O)cc2)cc1. The number of hydrogen-bond acceptors (Lipinski definition) is 6. The summed E-state index contributed by atoms with van der Waals surface area (Å²) in [7, 11) is -8.12. The molecule has 2 aromatic carbocycles. The van der Waals surface area contributed by atoms with E-state index in [1.807, 2.05) is 0 Å². The first kappa shape index (κ1) is 23.2. The quantitative estimate of drug-likeness (QED) is 0.201. The lowest BCUT2D eigenvalue weighted by Gasteiger charge is -2.06. The highest BCUT2D eigenvalue weighted by Crippen LogP contribution is 2.35. The van der Waals surface area contributed by atoms with Crippen molar-refractivity contribution < 1.29 is 32.1 Å². The molecule has 11 heteroatoms. The van der Waals surface area contributed by atoms with Crippen molar-refractivity contribution in [3.8, 4) is 5.75 Å². The Balaban J connectivity index is 1.74. The van der Waals surface area contributed by atoms with Crippen LogP contribution < -0.4 is 4.74 Å². The predicted octanol–water partition coefficient (Wildman–Crippen LogP) is 4.47. The number of nitrogens with zero attached hydrogens (tertiary/aromatic N) is 2. The lowest BCUT2D eigenvalue weighted by molar-refractivity contribution is 0.305. The zero-order chi connectivity index (χ0) is 21.3. The monoisotopic (exact) mass is 442 g/mol. The summed E-state index contributed by atoms with van der Waals surface area (Å²) in [5.41, 5.74) is 1.03. The van der Waals surface area contributed by atoms with Gasteiger partial charge in [0.2, 0.25) is 0 Å². The van der Waals surface area contributed by atoms with E-state index in [1.54, 1.807) is 24.3 Å². The minimum Gasteiger partial charge on any atom is -0.494 e. The fourth-order valence-electron chi connectivity index (χ4n) is 2.37. The van der Waals surface area contributed by atoms with E-state index in [1.165, 1.54) is 24.3 Å². The summed E-state index contributed by atoms with van der Waals surface area (Å²) >= 11 is 0. The molecule has 0 unspecified atom stereocenters. The maximum absolute atomic E-state index is 11.0. The first-order valence-corrected chi connectivity index (χ1v) is 12.1. The minimum absolute atomic E-state index is 0.0748. The number of ether oxygens (including phenoxy) is 1. The van der Waals surface area contributed by atoms with E-state index >= 15 is 0 Å². The molecule has 0 fully saturated rings. The molecule has 0 saturated heterocycles. The lowest BCUT2D eigenvalue weighted by atomic mass is 10.2. The number of hydrogen-bond donors (Lipinski definition) is 3. The predicted molar refractivity (Wildman–Crippen MR) is 108 cm³/mol. The summed E-state index contributed by atoms with van der Waals surface area (Å²) in [6.45, 7) is 0.511. The summed E-state index contributed by atoms with van der Waals surface area (Å²) in [5.74, 6) is 0.677. The molecule has 3 N–H and O–H groups in total. The van der Waals surface area contributed by atoms with Gasteiger partial charge in [0.15, 0.2) is 0 Å². The van der Waals surface area contributed by atoms with Crippen LogP contribution in [0.1, 0.15) is 25.7 Å². The second-order valence-electron chi connectivity index (χ2n) is 6.31. The van der Waals surface area contributed by atoms with Crippen LogP contribution in [0.3, 0.4) is 0 Å². The Labute approximate surface area is 169 Å². The maximum atomic E-state index is 11.0. The van der Waals surface area contributed by atoms with Gasteiger partial charge in [-0.15, -0.1) is 0 Å². The molecule has 0 aliphatic carbocycles. The van der Waals surface area contributed by atoms with Crippen LogP contribution in [-0.2, 0) is 14.7 Å². The lowest BCUT2D eigenvalue weighted by Crippen LogP contribution is -1.97. The van der Waals surface area contributed by atoms with Crippen molar-refractivity contribution in [2.45, 2.75) is 30.6 Å². The van der Waals surface area contributed by atoms with Crippen LogP contribution >= 0.6 is 7.60 Å². The Kier molecular flexibility index (Phi) is 8.48. The van der Waals surface area contributed by atoms with Gasteiger partial charge in [-0.1, -0.05) is 12.8 Å². The van der Waals surface area contributed by atoms with Gasteiger partial charge < -0.3 is 14.5 Å². The van der Waals surface area contributed by atoms with Crippen LogP contribution in [0, 0.1) is 0 Å². The smallest absolute Gasteiger partial charge is 0.325 e. The van der Waals surface area contributed by atoms with E-state index in [-0.39, 0.29) is 11.1 Å². The van der Waals surface area contributed by atoms with Crippen LogP contribution in [0.5, 0.6) is 5.75 Å². The van der Waals surface area contributed by atoms with Gasteiger partial charge in [-0.25, -0.2) is 0 Å². The van der Waals surface area contributed by atoms with Gasteiger partial charge in [-0.05, 0) is 61.4 Å². The molecule has 0 radical (unpaired) electrons. The van der Waals surface area contributed by atoms with Gasteiger partial charge in [0, 0.05) is 6.16 Å². The van der Waals surface area contributed by atoms with Gasteiger partial charge in [-0.2, -0.15) is 18.6 Å². The van der Waals surface area contributed by atoms with Gasteiger partial charge in [0.05, 0.1) is 22.9 Å². The van der Waals surface area contributed by atoms with Gasteiger partial charge in [0.1, 0.15) is 5.75 Å². The molecule has 0 aromatic heterocycles. The maximum Gasteiger partial charge on any atom is 0.325 e. The largest absolute Gasteiger partial charge is 0.494 e. The third-order valence-electron chi connectivity index (χ3n) is 3.86. The molecule has 2 aromatic rings. The van der Waals surface area contributed by atoms with Crippen LogP contribution in [0.15, 0.2) is 63.7 Å². The van der Waals surface area contributed by atoms with Crippen LogP contribution in [0.25, 0.3) is 0 Å². The average molecular weight is 442 g/mol. The molecule has 0 aliphatic rings. The third-order valence-corrected chi connectivity index (χ3v) is 5.63. The highest BCUT2D eigenvalue weighted by atomic mass is 32.2. The molecule has 0 aliphatic heterocycles. The van der Waals surface area contributed by atoms with E-state index in [9.17, 15) is 13.0 Å². The molecular formula is C18H23N2O7PS. The molecular weight excluding hydrogens is 419 g/mol. The Bertz CT molecular complexity index is 955.